The summed E-state index contributed by atoms with van der Waals surface area (Å²) in [6, 6.07) is 1.58. The van der Waals surface area contributed by atoms with E-state index in [1.807, 2.05) is 32.2 Å². The molecule has 0 atom stereocenters. The summed E-state index contributed by atoms with van der Waals surface area (Å²) < 4.78 is 0. The van der Waals surface area contributed by atoms with E-state index in [9.17, 15) is 9.59 Å². The second kappa shape index (κ2) is 6.38. The number of amides is 2. The van der Waals surface area contributed by atoms with Crippen LogP contribution in [0, 0.1) is 0 Å². The van der Waals surface area contributed by atoms with Crippen LogP contribution in [0.1, 0.15) is 31.2 Å². The van der Waals surface area contributed by atoms with Gasteiger partial charge < -0.3 is 15.7 Å². The maximum atomic E-state index is 11.6. The first-order valence-electron chi connectivity index (χ1n) is 5.81. The topological polar surface area (TPSA) is 78.4 Å². The van der Waals surface area contributed by atoms with Gasteiger partial charge in [0.25, 0.3) is 0 Å². The van der Waals surface area contributed by atoms with E-state index in [-0.39, 0.29) is 11.6 Å². The minimum Gasteiger partial charge on any atom is -0.478 e. The Morgan fingerprint density at radius 3 is 2.68 bits per heavy atom. The second-order valence-corrected chi connectivity index (χ2v) is 6.03. The third kappa shape index (κ3) is 6.05. The average molecular weight is 282 g/mol. The zero-order valence-corrected chi connectivity index (χ0v) is 12.0. The van der Waals surface area contributed by atoms with Crippen LogP contribution in [0.25, 0.3) is 6.08 Å². The maximum Gasteiger partial charge on any atom is 0.328 e. The van der Waals surface area contributed by atoms with Gasteiger partial charge in [0.1, 0.15) is 0 Å². The molecule has 1 heterocycles. The molecule has 2 amide bonds. The number of hydrogen-bond acceptors (Lipinski definition) is 3. The molecule has 3 N–H and O–H groups in total. The number of carbonyl (C=O) groups is 2. The van der Waals surface area contributed by atoms with Gasteiger partial charge in [-0.3, -0.25) is 0 Å². The lowest BCUT2D eigenvalue weighted by atomic mass is 10.1. The van der Waals surface area contributed by atoms with Crippen LogP contribution >= 0.6 is 11.3 Å². The van der Waals surface area contributed by atoms with E-state index in [1.165, 1.54) is 17.4 Å². The first-order valence-corrected chi connectivity index (χ1v) is 6.69. The summed E-state index contributed by atoms with van der Waals surface area (Å²) in [4.78, 5) is 23.0. The first-order chi connectivity index (χ1) is 8.78. The Morgan fingerprint density at radius 1 is 1.42 bits per heavy atom. The molecule has 1 aromatic heterocycles. The third-order valence-corrected chi connectivity index (χ3v) is 3.02. The van der Waals surface area contributed by atoms with Crippen molar-refractivity contribution in [1.82, 2.24) is 10.6 Å². The molecule has 1 rings (SSSR count). The van der Waals surface area contributed by atoms with Crippen molar-refractivity contribution >= 4 is 29.4 Å². The fraction of sp³-hybridized carbons (Fsp3) is 0.385. The number of aliphatic carboxylic acids is 1. The van der Waals surface area contributed by atoms with E-state index in [0.29, 0.717) is 6.54 Å². The van der Waals surface area contributed by atoms with Gasteiger partial charge in [0, 0.05) is 16.5 Å². The van der Waals surface area contributed by atoms with Crippen molar-refractivity contribution in [2.24, 2.45) is 0 Å². The number of urea groups is 1. The summed E-state index contributed by atoms with van der Waals surface area (Å²) in [5, 5.41) is 16.0. The van der Waals surface area contributed by atoms with E-state index < -0.39 is 5.97 Å². The van der Waals surface area contributed by atoms with Gasteiger partial charge in [-0.25, -0.2) is 9.59 Å². The predicted molar refractivity (Wildman–Crippen MR) is 76.1 cm³/mol. The predicted octanol–water partition coefficient (Wildman–Crippen LogP) is 2.44. The first kappa shape index (κ1) is 15.2. The molecule has 0 bridgehead atoms. The van der Waals surface area contributed by atoms with Crippen LogP contribution in [0.4, 0.5) is 4.79 Å². The van der Waals surface area contributed by atoms with Gasteiger partial charge in [-0.2, -0.15) is 0 Å². The third-order valence-electron chi connectivity index (χ3n) is 2.08. The minimum absolute atomic E-state index is 0.242. The van der Waals surface area contributed by atoms with Crippen LogP contribution in [0.5, 0.6) is 0 Å². The molecule has 0 unspecified atom stereocenters. The Bertz CT molecular complexity index is 486. The SMILES string of the molecule is CC(C)(C)NC(=O)NCc1sccc1C=CC(=O)O. The summed E-state index contributed by atoms with van der Waals surface area (Å²) in [6.45, 7) is 6.08. The molecule has 0 saturated heterocycles. The van der Waals surface area contributed by atoms with Crippen LogP contribution in [-0.4, -0.2) is 22.6 Å². The van der Waals surface area contributed by atoms with Crippen molar-refractivity contribution in [2.75, 3.05) is 0 Å². The Labute approximate surface area is 116 Å². The van der Waals surface area contributed by atoms with E-state index in [2.05, 4.69) is 10.6 Å². The molecular weight excluding hydrogens is 264 g/mol. The van der Waals surface area contributed by atoms with Gasteiger partial charge in [0.15, 0.2) is 0 Å². The van der Waals surface area contributed by atoms with Gasteiger partial charge in [-0.05, 0) is 43.9 Å². The monoisotopic (exact) mass is 282 g/mol. The van der Waals surface area contributed by atoms with Crippen LogP contribution in [-0.2, 0) is 11.3 Å². The Hall–Kier alpha value is -1.82. The molecular formula is C13H18N2O3S. The maximum absolute atomic E-state index is 11.6. The highest BCUT2D eigenvalue weighted by Crippen LogP contribution is 2.18. The van der Waals surface area contributed by atoms with Gasteiger partial charge in [-0.15, -0.1) is 11.3 Å². The van der Waals surface area contributed by atoms with Crippen LogP contribution < -0.4 is 10.6 Å². The van der Waals surface area contributed by atoms with Crippen molar-refractivity contribution in [3.63, 3.8) is 0 Å². The molecule has 0 spiro atoms. The van der Waals surface area contributed by atoms with E-state index in [0.717, 1.165) is 16.5 Å². The van der Waals surface area contributed by atoms with Gasteiger partial charge in [0.05, 0.1) is 6.54 Å². The molecule has 6 heteroatoms. The van der Waals surface area contributed by atoms with E-state index in [4.69, 9.17) is 5.11 Å². The fourth-order valence-electron chi connectivity index (χ4n) is 1.35. The molecule has 0 aliphatic carbocycles. The molecule has 5 nitrogen and oxygen atoms in total. The van der Waals surface area contributed by atoms with Crippen molar-refractivity contribution in [2.45, 2.75) is 32.9 Å². The normalized spacial score (nSPS) is 11.5. The van der Waals surface area contributed by atoms with E-state index >= 15 is 0 Å². The number of hydrogen-bond donors (Lipinski definition) is 3. The van der Waals surface area contributed by atoms with Gasteiger partial charge >= 0.3 is 12.0 Å². The Kier molecular flexibility index (Phi) is 5.11. The fourth-order valence-corrected chi connectivity index (χ4v) is 2.16. The smallest absolute Gasteiger partial charge is 0.328 e. The van der Waals surface area contributed by atoms with Crippen molar-refractivity contribution in [3.8, 4) is 0 Å². The van der Waals surface area contributed by atoms with Crippen LogP contribution in [0.15, 0.2) is 17.5 Å². The molecule has 0 saturated carbocycles. The standard InChI is InChI=1S/C13H18N2O3S/c1-13(2,3)15-12(18)14-8-10-9(6-7-19-10)4-5-11(16)17/h4-7H,8H2,1-3H3,(H,16,17)(H2,14,15,18). The molecule has 0 aliphatic rings. The second-order valence-electron chi connectivity index (χ2n) is 5.03. The van der Waals surface area contributed by atoms with E-state index in [1.54, 1.807) is 0 Å². The zero-order chi connectivity index (χ0) is 14.5. The highest BCUT2D eigenvalue weighted by molar-refractivity contribution is 7.10. The highest BCUT2D eigenvalue weighted by atomic mass is 32.1. The van der Waals surface area contributed by atoms with Gasteiger partial charge in [-0.1, -0.05) is 0 Å². The van der Waals surface area contributed by atoms with Crippen molar-refractivity contribution < 1.29 is 14.7 Å². The summed E-state index contributed by atoms with van der Waals surface area (Å²) in [6.07, 6.45) is 2.61. The number of carboxylic acid groups (broad SMARTS) is 1. The Balaban J connectivity index is 2.57. The van der Waals surface area contributed by atoms with Crippen LogP contribution in [0.2, 0.25) is 0 Å². The molecule has 0 aromatic carbocycles. The lowest BCUT2D eigenvalue weighted by Gasteiger charge is -2.20. The lowest BCUT2D eigenvalue weighted by Crippen LogP contribution is -2.46. The number of carboxylic acids is 1. The lowest BCUT2D eigenvalue weighted by molar-refractivity contribution is -0.131. The van der Waals surface area contributed by atoms with Crippen molar-refractivity contribution in [3.05, 3.63) is 28.0 Å². The molecule has 104 valence electrons. The Morgan fingerprint density at radius 2 is 2.11 bits per heavy atom. The summed E-state index contributed by atoms with van der Waals surface area (Å²) in [5.74, 6) is -0.990. The molecule has 1 aromatic rings. The van der Waals surface area contributed by atoms with Gasteiger partial charge in [0.2, 0.25) is 0 Å². The average Bonchev–Trinajstić information content (AvgIpc) is 2.68. The molecule has 0 aliphatic heterocycles. The zero-order valence-electron chi connectivity index (χ0n) is 11.2. The summed E-state index contributed by atoms with van der Waals surface area (Å²) in [7, 11) is 0. The quantitative estimate of drug-likeness (QED) is 0.742. The summed E-state index contributed by atoms with van der Waals surface area (Å²) >= 11 is 1.47. The van der Waals surface area contributed by atoms with Crippen molar-refractivity contribution in [1.29, 1.82) is 0 Å². The van der Waals surface area contributed by atoms with Crippen LogP contribution in [0.3, 0.4) is 0 Å². The number of rotatable bonds is 4. The molecule has 0 radical (unpaired) electrons. The number of nitrogens with one attached hydrogen (secondary N) is 2. The molecule has 0 fully saturated rings. The minimum atomic E-state index is -0.990. The number of carbonyl (C=O) groups excluding carboxylic acids is 1. The summed E-state index contributed by atoms with van der Waals surface area (Å²) in [5.41, 5.74) is 0.523. The number of thiophene rings is 1. The highest BCUT2D eigenvalue weighted by Gasteiger charge is 2.13. The largest absolute Gasteiger partial charge is 0.478 e. The molecule has 19 heavy (non-hydrogen) atoms.